The van der Waals surface area contributed by atoms with Crippen LogP contribution in [0.5, 0.6) is 0 Å². The largest absolute Gasteiger partial charge is 0.382 e. The van der Waals surface area contributed by atoms with Crippen LogP contribution in [-0.4, -0.2) is 48.7 Å². The molecule has 6 heteroatoms. The number of ether oxygens (including phenoxy) is 1. The first-order valence-electron chi connectivity index (χ1n) is 7.68. The van der Waals surface area contributed by atoms with Crippen LogP contribution in [0.2, 0.25) is 0 Å². The van der Waals surface area contributed by atoms with Crippen LogP contribution >= 0.6 is 0 Å². The highest BCUT2D eigenvalue weighted by Crippen LogP contribution is 2.20. The number of nitrogens with zero attached hydrogens (tertiary/aromatic N) is 3. The van der Waals surface area contributed by atoms with Gasteiger partial charge in [0.2, 0.25) is 11.9 Å². The molecule has 0 aromatic carbocycles. The maximum absolute atomic E-state index is 12.1. The Labute approximate surface area is 125 Å². The summed E-state index contributed by atoms with van der Waals surface area (Å²) in [6.07, 6.45) is 6.08. The molecule has 1 N–H and O–H groups in total. The summed E-state index contributed by atoms with van der Waals surface area (Å²) in [5.41, 5.74) is 0. The van der Waals surface area contributed by atoms with E-state index >= 15 is 0 Å². The second-order valence-electron chi connectivity index (χ2n) is 5.15. The maximum atomic E-state index is 12.1. The molecule has 0 atom stereocenters. The van der Waals surface area contributed by atoms with Gasteiger partial charge in [-0.2, -0.15) is 0 Å². The van der Waals surface area contributed by atoms with Crippen LogP contribution in [0.3, 0.4) is 0 Å². The molecule has 6 nitrogen and oxygen atoms in total. The van der Waals surface area contributed by atoms with Crippen LogP contribution in [0.25, 0.3) is 0 Å². The fraction of sp³-hybridized carbons (Fsp3) is 0.667. The SMILES string of the molecule is CCOCCCNC(=O)C1CCN(c2ncccn2)CC1. The monoisotopic (exact) mass is 292 g/mol. The van der Waals surface area contributed by atoms with E-state index in [1.54, 1.807) is 12.4 Å². The maximum Gasteiger partial charge on any atom is 0.225 e. The van der Waals surface area contributed by atoms with Gasteiger partial charge >= 0.3 is 0 Å². The van der Waals surface area contributed by atoms with Crippen molar-refractivity contribution in [1.29, 1.82) is 0 Å². The predicted molar refractivity (Wildman–Crippen MR) is 81.1 cm³/mol. The van der Waals surface area contributed by atoms with Crippen molar-refractivity contribution in [2.45, 2.75) is 26.2 Å². The minimum absolute atomic E-state index is 0.108. The highest BCUT2D eigenvalue weighted by molar-refractivity contribution is 5.78. The van der Waals surface area contributed by atoms with Crippen molar-refractivity contribution in [2.75, 3.05) is 37.7 Å². The standard InChI is InChI=1S/C15H24N4O2/c1-2-21-12-4-9-16-14(20)13-5-10-19(11-6-13)15-17-7-3-8-18-15/h3,7-8,13H,2,4-6,9-12H2,1H3,(H,16,20). The number of rotatable bonds is 7. The molecule has 0 saturated carbocycles. The molecule has 0 bridgehead atoms. The van der Waals surface area contributed by atoms with Crippen molar-refractivity contribution in [3.05, 3.63) is 18.5 Å². The fourth-order valence-corrected chi connectivity index (χ4v) is 2.47. The van der Waals surface area contributed by atoms with Gasteiger partial charge in [-0.1, -0.05) is 0 Å². The number of nitrogens with one attached hydrogen (secondary N) is 1. The molecule has 1 aromatic rings. The van der Waals surface area contributed by atoms with Gasteiger partial charge in [-0.15, -0.1) is 0 Å². The van der Waals surface area contributed by atoms with E-state index in [0.717, 1.165) is 44.9 Å². The number of anilines is 1. The van der Waals surface area contributed by atoms with Crippen LogP contribution in [0.1, 0.15) is 26.2 Å². The van der Waals surface area contributed by atoms with E-state index in [0.29, 0.717) is 13.2 Å². The van der Waals surface area contributed by atoms with Gasteiger partial charge in [0.15, 0.2) is 0 Å². The van der Waals surface area contributed by atoms with E-state index in [4.69, 9.17) is 4.74 Å². The molecular weight excluding hydrogens is 268 g/mol. The van der Waals surface area contributed by atoms with E-state index < -0.39 is 0 Å². The average molecular weight is 292 g/mol. The van der Waals surface area contributed by atoms with Crippen molar-refractivity contribution in [3.8, 4) is 0 Å². The van der Waals surface area contributed by atoms with E-state index in [1.165, 1.54) is 0 Å². The Bertz CT molecular complexity index is 419. The minimum atomic E-state index is 0.108. The molecular formula is C15H24N4O2. The van der Waals surface area contributed by atoms with Gasteiger partial charge in [0.05, 0.1) is 0 Å². The van der Waals surface area contributed by atoms with Gasteiger partial charge in [0.25, 0.3) is 0 Å². The van der Waals surface area contributed by atoms with E-state index in [9.17, 15) is 4.79 Å². The number of hydrogen-bond acceptors (Lipinski definition) is 5. The quantitative estimate of drug-likeness (QED) is 0.766. The lowest BCUT2D eigenvalue weighted by atomic mass is 9.96. The summed E-state index contributed by atoms with van der Waals surface area (Å²) in [5, 5.41) is 3.00. The normalized spacial score (nSPS) is 16.0. The lowest BCUT2D eigenvalue weighted by molar-refractivity contribution is -0.125. The minimum Gasteiger partial charge on any atom is -0.382 e. The molecule has 1 amide bonds. The van der Waals surface area contributed by atoms with Gasteiger partial charge in [0, 0.05) is 51.2 Å². The number of piperidine rings is 1. The Morgan fingerprint density at radius 3 is 2.76 bits per heavy atom. The molecule has 0 aliphatic carbocycles. The van der Waals surface area contributed by atoms with Crippen molar-refractivity contribution in [2.24, 2.45) is 5.92 Å². The number of carbonyl (C=O) groups is 1. The van der Waals surface area contributed by atoms with E-state index in [1.807, 2.05) is 13.0 Å². The molecule has 116 valence electrons. The van der Waals surface area contributed by atoms with Crippen molar-refractivity contribution in [3.63, 3.8) is 0 Å². The van der Waals surface area contributed by atoms with Crippen molar-refractivity contribution < 1.29 is 9.53 Å². The lowest BCUT2D eigenvalue weighted by Crippen LogP contribution is -2.41. The first-order chi connectivity index (χ1) is 10.3. The van der Waals surface area contributed by atoms with E-state index in [2.05, 4.69) is 20.2 Å². The van der Waals surface area contributed by atoms with Gasteiger partial charge in [-0.3, -0.25) is 4.79 Å². The molecule has 0 radical (unpaired) electrons. The molecule has 1 aliphatic heterocycles. The third kappa shape index (κ3) is 4.97. The average Bonchev–Trinajstić information content (AvgIpc) is 2.55. The zero-order chi connectivity index (χ0) is 14.9. The molecule has 1 saturated heterocycles. The summed E-state index contributed by atoms with van der Waals surface area (Å²) in [4.78, 5) is 22.7. The second kappa shape index (κ2) is 8.56. The Balaban J connectivity index is 1.67. The Kier molecular flexibility index (Phi) is 6.40. The summed E-state index contributed by atoms with van der Waals surface area (Å²) in [7, 11) is 0. The highest BCUT2D eigenvalue weighted by Gasteiger charge is 2.25. The number of carbonyl (C=O) groups excluding carboxylic acids is 1. The zero-order valence-electron chi connectivity index (χ0n) is 12.6. The zero-order valence-corrected chi connectivity index (χ0v) is 12.6. The molecule has 2 heterocycles. The third-order valence-corrected chi connectivity index (χ3v) is 3.67. The first-order valence-corrected chi connectivity index (χ1v) is 7.68. The predicted octanol–water partition coefficient (Wildman–Crippen LogP) is 1.24. The van der Waals surface area contributed by atoms with Crippen LogP contribution < -0.4 is 10.2 Å². The highest BCUT2D eigenvalue weighted by atomic mass is 16.5. The topological polar surface area (TPSA) is 67.3 Å². The Hall–Kier alpha value is -1.69. The van der Waals surface area contributed by atoms with E-state index in [-0.39, 0.29) is 11.8 Å². The Morgan fingerprint density at radius 2 is 2.10 bits per heavy atom. The van der Waals surface area contributed by atoms with Crippen LogP contribution in [0.15, 0.2) is 18.5 Å². The van der Waals surface area contributed by atoms with Gasteiger partial charge < -0.3 is 15.0 Å². The van der Waals surface area contributed by atoms with Crippen LogP contribution in [0, 0.1) is 5.92 Å². The lowest BCUT2D eigenvalue weighted by Gasteiger charge is -2.31. The van der Waals surface area contributed by atoms with Crippen LogP contribution in [0.4, 0.5) is 5.95 Å². The van der Waals surface area contributed by atoms with Crippen LogP contribution in [-0.2, 0) is 9.53 Å². The van der Waals surface area contributed by atoms with Crippen molar-refractivity contribution >= 4 is 11.9 Å². The smallest absolute Gasteiger partial charge is 0.225 e. The third-order valence-electron chi connectivity index (χ3n) is 3.67. The number of amides is 1. The molecule has 1 aliphatic rings. The molecule has 21 heavy (non-hydrogen) atoms. The molecule has 1 fully saturated rings. The summed E-state index contributed by atoms with van der Waals surface area (Å²) in [6.45, 7) is 5.78. The number of aromatic nitrogens is 2. The van der Waals surface area contributed by atoms with Gasteiger partial charge in [-0.05, 0) is 32.3 Å². The molecule has 2 rings (SSSR count). The first kappa shape index (κ1) is 15.7. The summed E-state index contributed by atoms with van der Waals surface area (Å²) in [5.74, 6) is 1.03. The van der Waals surface area contributed by atoms with Gasteiger partial charge in [-0.25, -0.2) is 9.97 Å². The van der Waals surface area contributed by atoms with Crippen molar-refractivity contribution in [1.82, 2.24) is 15.3 Å². The summed E-state index contributed by atoms with van der Waals surface area (Å²) < 4.78 is 5.25. The summed E-state index contributed by atoms with van der Waals surface area (Å²) in [6, 6.07) is 1.81. The Morgan fingerprint density at radius 1 is 1.38 bits per heavy atom. The van der Waals surface area contributed by atoms with Gasteiger partial charge in [0.1, 0.15) is 0 Å². The second-order valence-corrected chi connectivity index (χ2v) is 5.15. The molecule has 1 aromatic heterocycles. The fourth-order valence-electron chi connectivity index (χ4n) is 2.47. The molecule has 0 unspecified atom stereocenters. The number of hydrogen-bond donors (Lipinski definition) is 1. The molecule has 0 spiro atoms. The summed E-state index contributed by atoms with van der Waals surface area (Å²) >= 11 is 0.